The van der Waals surface area contributed by atoms with Crippen molar-refractivity contribution >= 4 is 11.9 Å². The van der Waals surface area contributed by atoms with Gasteiger partial charge in [0, 0.05) is 0 Å². The minimum absolute atomic E-state index is 0. The first kappa shape index (κ1) is 16.6. The van der Waals surface area contributed by atoms with E-state index in [0.29, 0.717) is 0 Å². The zero-order valence-electron chi connectivity index (χ0n) is 5.38. The van der Waals surface area contributed by atoms with E-state index in [2.05, 4.69) is 0 Å². The summed E-state index contributed by atoms with van der Waals surface area (Å²) in [5.74, 6) is -3.65. The van der Waals surface area contributed by atoms with Crippen molar-refractivity contribution in [1.82, 2.24) is 6.15 Å². The van der Waals surface area contributed by atoms with Gasteiger partial charge in [-0.15, -0.1) is 0 Å². The number of hydrogen-bond donors (Lipinski definition) is 3. The van der Waals surface area contributed by atoms with Crippen LogP contribution >= 0.6 is 0 Å². The molecule has 0 aromatic carbocycles. The van der Waals surface area contributed by atoms with Crippen LogP contribution in [-0.2, 0) is 32.3 Å². The Labute approximate surface area is 65.4 Å². The fourth-order valence-electron chi connectivity index (χ4n) is 0. The van der Waals surface area contributed by atoms with E-state index in [1.54, 1.807) is 0 Å². The van der Waals surface area contributed by atoms with Gasteiger partial charge in [-0.1, -0.05) is 0 Å². The Hall–Kier alpha value is -0.956. The summed E-state index contributed by atoms with van der Waals surface area (Å²) in [6.07, 6.45) is 0. The summed E-state index contributed by atoms with van der Waals surface area (Å²) in [5, 5.41) is 14.8. The van der Waals surface area contributed by atoms with Crippen LogP contribution in [0.5, 0.6) is 0 Å². The second-order valence-corrected chi connectivity index (χ2v) is 1.53. The first-order valence-corrected chi connectivity index (χ1v) is 3.36. The number of carboxylic acid groups (broad SMARTS) is 2. The molecular weight excluding hydrogens is 201 g/mol. The molecule has 0 spiro atoms. The molecule has 0 saturated heterocycles. The molecule has 0 bridgehead atoms. The van der Waals surface area contributed by atoms with Gasteiger partial charge in [-0.3, -0.25) is 0 Å². The van der Waals surface area contributed by atoms with Crippen molar-refractivity contribution in [3.8, 4) is 0 Å². The van der Waals surface area contributed by atoms with Gasteiger partial charge in [-0.05, 0) is 0 Å². The number of carbonyl (C=O) groups is 2. The van der Waals surface area contributed by atoms with E-state index in [0.717, 1.165) is 0 Å². The van der Waals surface area contributed by atoms with Crippen molar-refractivity contribution in [2.24, 2.45) is 0 Å². The molecule has 0 atom stereocenters. The maximum atomic E-state index is 9.10. The van der Waals surface area contributed by atoms with Crippen LogP contribution in [0.1, 0.15) is 0 Å². The van der Waals surface area contributed by atoms with E-state index in [-0.39, 0.29) is 6.15 Å². The zero-order valence-corrected chi connectivity index (χ0v) is 6.78. The van der Waals surface area contributed by atoms with Gasteiger partial charge in [-0.25, -0.2) is 9.59 Å². The van der Waals surface area contributed by atoms with E-state index < -0.39 is 27.3 Å². The van der Waals surface area contributed by atoms with Crippen LogP contribution in [0.15, 0.2) is 0 Å². The molecule has 0 unspecified atom stereocenters. The van der Waals surface area contributed by atoms with Gasteiger partial charge in [0.15, 0.2) is 0 Å². The molecule has 6 N–H and O–H groups in total. The van der Waals surface area contributed by atoms with Crippen LogP contribution in [0.3, 0.4) is 0 Å². The van der Waals surface area contributed by atoms with Gasteiger partial charge in [0.05, 0.1) is 0 Å². The molecule has 66 valence electrons. The number of hydrogen-bond acceptors (Lipinski definition) is 5. The van der Waals surface area contributed by atoms with Crippen molar-refractivity contribution < 1.29 is 46.6 Å². The van der Waals surface area contributed by atoms with E-state index in [1.165, 1.54) is 0 Å². The molecule has 0 aliphatic carbocycles. The molecule has 8 nitrogen and oxygen atoms in total. The fourth-order valence-corrected chi connectivity index (χ4v) is 0. The Morgan fingerprint density at radius 2 is 1.18 bits per heavy atom. The van der Waals surface area contributed by atoms with Crippen molar-refractivity contribution in [3.05, 3.63) is 0 Å². The number of rotatable bonds is 0. The SMILES string of the molecule is O=C(O)C(=O)O.[NH4+].[O]=[V](=[O])[O-]. The van der Waals surface area contributed by atoms with Gasteiger partial charge in [0.25, 0.3) is 0 Å². The first-order valence-electron chi connectivity index (χ1n) is 1.65. The van der Waals surface area contributed by atoms with E-state index in [4.69, 9.17) is 31.2 Å². The van der Waals surface area contributed by atoms with E-state index in [9.17, 15) is 0 Å². The predicted octanol–water partition coefficient (Wildman–Crippen LogP) is -1.90. The van der Waals surface area contributed by atoms with Gasteiger partial charge in [-0.2, -0.15) is 0 Å². The molecule has 0 rings (SSSR count). The van der Waals surface area contributed by atoms with E-state index in [1.807, 2.05) is 0 Å². The first-order chi connectivity index (χ1) is 4.37. The Morgan fingerprint density at radius 1 is 1.09 bits per heavy atom. The second kappa shape index (κ2) is 9.04. The van der Waals surface area contributed by atoms with Crippen LogP contribution in [0.2, 0.25) is 0 Å². The molecule has 0 heterocycles. The standard InChI is InChI=1S/C2H2O4.H3N.3O.V/c3-1(4)2(5)6;;;;;/h(H,3,4)(H,5,6);1H3;;;;/q;;;;-1;/p+1. The molecule has 0 amide bonds. The second-order valence-electron chi connectivity index (χ2n) is 0.834. The molecule has 0 fully saturated rings. The Bertz CT molecular complexity index is 175. The third kappa shape index (κ3) is 48.4. The van der Waals surface area contributed by atoms with Gasteiger partial charge in [0.1, 0.15) is 0 Å². The molecule has 0 radical (unpaired) electrons. The summed E-state index contributed by atoms with van der Waals surface area (Å²) < 4.78 is 25.7. The van der Waals surface area contributed by atoms with Crippen LogP contribution in [0.4, 0.5) is 0 Å². The van der Waals surface area contributed by atoms with Gasteiger partial charge in [0.2, 0.25) is 0 Å². The third-order valence-electron chi connectivity index (χ3n) is 0.183. The van der Waals surface area contributed by atoms with Crippen LogP contribution in [-0.4, -0.2) is 22.2 Å². The molecule has 0 aliphatic heterocycles. The van der Waals surface area contributed by atoms with Crippen LogP contribution in [0, 0.1) is 0 Å². The Morgan fingerprint density at radius 3 is 1.18 bits per heavy atom. The summed E-state index contributed by atoms with van der Waals surface area (Å²) in [4.78, 5) is 18.2. The molecular formula is C2H6NO7V. The van der Waals surface area contributed by atoms with Crippen molar-refractivity contribution in [2.45, 2.75) is 0 Å². The molecule has 0 aromatic rings. The number of quaternary nitrogens is 1. The summed E-state index contributed by atoms with van der Waals surface area (Å²) in [5.41, 5.74) is 0. The maximum absolute atomic E-state index is 9.10. The van der Waals surface area contributed by atoms with Crippen molar-refractivity contribution in [2.75, 3.05) is 0 Å². The van der Waals surface area contributed by atoms with Crippen molar-refractivity contribution in [3.63, 3.8) is 0 Å². The molecule has 9 heteroatoms. The summed E-state index contributed by atoms with van der Waals surface area (Å²) in [6, 6.07) is 0. The fraction of sp³-hybridized carbons (Fsp3) is 0. The predicted molar refractivity (Wildman–Crippen MR) is 22.6 cm³/mol. The quantitative estimate of drug-likeness (QED) is 0.389. The average molecular weight is 207 g/mol. The van der Waals surface area contributed by atoms with Crippen LogP contribution in [0.25, 0.3) is 0 Å². The summed E-state index contributed by atoms with van der Waals surface area (Å²) >= 11 is -3.94. The Balaban J connectivity index is -0.000000114. The van der Waals surface area contributed by atoms with Crippen LogP contribution < -0.4 is 10.2 Å². The Kier molecular flexibility index (Phi) is 13.6. The van der Waals surface area contributed by atoms with Crippen molar-refractivity contribution in [1.29, 1.82) is 0 Å². The topological polar surface area (TPSA) is 168 Å². The third-order valence-corrected chi connectivity index (χ3v) is 0.183. The minimum atomic E-state index is -3.94. The number of aliphatic carboxylic acids is 2. The van der Waals surface area contributed by atoms with Gasteiger partial charge >= 0.3 is 38.7 Å². The molecule has 0 aliphatic rings. The number of carboxylic acids is 2. The normalized spacial score (nSPS) is 6.27. The van der Waals surface area contributed by atoms with Gasteiger partial charge < -0.3 is 16.4 Å². The monoisotopic (exact) mass is 207 g/mol. The molecule has 0 saturated carbocycles. The summed E-state index contributed by atoms with van der Waals surface area (Å²) in [6.45, 7) is 0. The van der Waals surface area contributed by atoms with E-state index >= 15 is 0 Å². The average Bonchev–Trinajstić information content (AvgIpc) is 1.63. The molecule has 0 aromatic heterocycles. The summed E-state index contributed by atoms with van der Waals surface area (Å²) in [7, 11) is 0. The molecule has 11 heavy (non-hydrogen) atoms. The zero-order chi connectivity index (χ0) is 8.73.